The van der Waals surface area contributed by atoms with Gasteiger partial charge in [0.05, 0.1) is 6.10 Å². The molecule has 4 nitrogen and oxygen atoms in total. The fourth-order valence-electron chi connectivity index (χ4n) is 1.14. The highest BCUT2D eigenvalue weighted by Gasteiger charge is 2.17. The van der Waals surface area contributed by atoms with Crippen LogP contribution in [0.1, 0.15) is 31.4 Å². The van der Waals surface area contributed by atoms with Gasteiger partial charge in [-0.25, -0.2) is 9.97 Å². The summed E-state index contributed by atoms with van der Waals surface area (Å²) in [5.41, 5.74) is 0.559. The Morgan fingerprint density at radius 3 is 2.46 bits per heavy atom. The van der Waals surface area contributed by atoms with E-state index in [2.05, 4.69) is 9.97 Å². The van der Waals surface area contributed by atoms with Gasteiger partial charge in [0.2, 0.25) is 0 Å². The molecular weight excluding hydrogens is 168 g/mol. The molecule has 0 spiro atoms. The van der Waals surface area contributed by atoms with E-state index < -0.39 is 12.2 Å². The van der Waals surface area contributed by atoms with E-state index in [1.807, 2.05) is 6.92 Å². The van der Waals surface area contributed by atoms with Gasteiger partial charge in [0.1, 0.15) is 12.4 Å². The molecule has 2 atom stereocenters. The minimum absolute atomic E-state index is 0.559. The Morgan fingerprint density at radius 2 is 1.92 bits per heavy atom. The van der Waals surface area contributed by atoms with Crippen LogP contribution in [-0.4, -0.2) is 26.3 Å². The van der Waals surface area contributed by atoms with Crippen molar-refractivity contribution in [2.45, 2.75) is 32.0 Å². The maximum atomic E-state index is 9.59. The lowest BCUT2D eigenvalue weighted by molar-refractivity contribution is 0.0127. The summed E-state index contributed by atoms with van der Waals surface area (Å²) < 4.78 is 0. The molecule has 0 saturated carbocycles. The number of aliphatic hydroxyl groups excluding tert-OH is 2. The average molecular weight is 182 g/mol. The Bertz CT molecular complexity index is 241. The molecule has 0 aromatic carbocycles. The standard InChI is InChI=1S/C9H14N2O2/c1-2-3-8(12)9(13)7-4-10-6-11-5-7/h4-6,8-9,12-13H,2-3H2,1H3. The van der Waals surface area contributed by atoms with Crippen molar-refractivity contribution < 1.29 is 10.2 Å². The zero-order valence-corrected chi connectivity index (χ0v) is 7.59. The number of hydrogen-bond donors (Lipinski definition) is 2. The Labute approximate surface area is 77.3 Å². The van der Waals surface area contributed by atoms with Crippen LogP contribution in [-0.2, 0) is 0 Å². The van der Waals surface area contributed by atoms with E-state index in [4.69, 9.17) is 0 Å². The highest BCUT2D eigenvalue weighted by Crippen LogP contribution is 2.17. The zero-order valence-electron chi connectivity index (χ0n) is 7.59. The summed E-state index contributed by atoms with van der Waals surface area (Å²) in [5.74, 6) is 0. The molecule has 1 rings (SSSR count). The molecule has 0 aliphatic heterocycles. The van der Waals surface area contributed by atoms with Crippen LogP contribution in [0.25, 0.3) is 0 Å². The number of aromatic nitrogens is 2. The van der Waals surface area contributed by atoms with Gasteiger partial charge in [0, 0.05) is 18.0 Å². The Morgan fingerprint density at radius 1 is 1.31 bits per heavy atom. The second-order valence-electron chi connectivity index (χ2n) is 2.97. The summed E-state index contributed by atoms with van der Waals surface area (Å²) in [5, 5.41) is 19.1. The van der Waals surface area contributed by atoms with Gasteiger partial charge >= 0.3 is 0 Å². The molecule has 0 fully saturated rings. The maximum Gasteiger partial charge on any atom is 0.115 e. The molecule has 0 radical (unpaired) electrons. The molecule has 1 heterocycles. The van der Waals surface area contributed by atoms with Gasteiger partial charge in [-0.15, -0.1) is 0 Å². The van der Waals surface area contributed by atoms with Crippen molar-refractivity contribution in [1.82, 2.24) is 9.97 Å². The SMILES string of the molecule is CCCC(O)C(O)c1cncnc1. The molecule has 0 bridgehead atoms. The van der Waals surface area contributed by atoms with Crippen molar-refractivity contribution in [2.24, 2.45) is 0 Å². The smallest absolute Gasteiger partial charge is 0.115 e. The minimum Gasteiger partial charge on any atom is -0.390 e. The number of aliphatic hydroxyl groups is 2. The highest BCUT2D eigenvalue weighted by atomic mass is 16.3. The Balaban J connectivity index is 2.62. The predicted octanol–water partition coefficient (Wildman–Crippen LogP) is 0.671. The molecular formula is C9H14N2O2. The van der Waals surface area contributed by atoms with Crippen molar-refractivity contribution in [3.63, 3.8) is 0 Å². The number of hydrogen-bond acceptors (Lipinski definition) is 4. The summed E-state index contributed by atoms with van der Waals surface area (Å²) in [6.07, 6.45) is 4.23. The van der Waals surface area contributed by atoms with Crippen LogP contribution >= 0.6 is 0 Å². The minimum atomic E-state index is -0.874. The monoisotopic (exact) mass is 182 g/mol. The van der Waals surface area contributed by atoms with Gasteiger partial charge in [-0.3, -0.25) is 0 Å². The lowest BCUT2D eigenvalue weighted by Crippen LogP contribution is -2.18. The molecule has 4 heteroatoms. The lowest BCUT2D eigenvalue weighted by atomic mass is 10.0. The molecule has 2 unspecified atom stereocenters. The van der Waals surface area contributed by atoms with Gasteiger partial charge in [-0.1, -0.05) is 13.3 Å². The van der Waals surface area contributed by atoms with E-state index in [1.165, 1.54) is 18.7 Å². The summed E-state index contributed by atoms with van der Waals surface area (Å²) in [6.45, 7) is 1.96. The van der Waals surface area contributed by atoms with E-state index in [0.29, 0.717) is 12.0 Å². The van der Waals surface area contributed by atoms with Crippen molar-refractivity contribution in [3.8, 4) is 0 Å². The van der Waals surface area contributed by atoms with Crippen molar-refractivity contribution in [2.75, 3.05) is 0 Å². The summed E-state index contributed by atoms with van der Waals surface area (Å²) in [4.78, 5) is 7.53. The zero-order chi connectivity index (χ0) is 9.68. The number of nitrogens with zero attached hydrogens (tertiary/aromatic N) is 2. The largest absolute Gasteiger partial charge is 0.390 e. The van der Waals surface area contributed by atoms with Crippen LogP contribution in [0, 0.1) is 0 Å². The molecule has 1 aromatic rings. The third kappa shape index (κ3) is 2.75. The van der Waals surface area contributed by atoms with Crippen molar-refractivity contribution >= 4 is 0 Å². The molecule has 13 heavy (non-hydrogen) atoms. The van der Waals surface area contributed by atoms with E-state index in [9.17, 15) is 10.2 Å². The third-order valence-electron chi connectivity index (χ3n) is 1.87. The van der Waals surface area contributed by atoms with Crippen LogP contribution in [0.15, 0.2) is 18.7 Å². The van der Waals surface area contributed by atoms with E-state index in [-0.39, 0.29) is 0 Å². The average Bonchev–Trinajstić information content (AvgIpc) is 2.18. The fraction of sp³-hybridized carbons (Fsp3) is 0.556. The van der Waals surface area contributed by atoms with Gasteiger partial charge in [0.25, 0.3) is 0 Å². The molecule has 2 N–H and O–H groups in total. The van der Waals surface area contributed by atoms with E-state index in [0.717, 1.165) is 6.42 Å². The second kappa shape index (κ2) is 4.89. The van der Waals surface area contributed by atoms with Crippen molar-refractivity contribution in [1.29, 1.82) is 0 Å². The molecule has 0 saturated heterocycles. The normalized spacial score (nSPS) is 15.3. The Kier molecular flexibility index (Phi) is 3.79. The van der Waals surface area contributed by atoms with Crippen LogP contribution in [0.3, 0.4) is 0 Å². The molecule has 0 aliphatic rings. The first kappa shape index (κ1) is 10.1. The van der Waals surface area contributed by atoms with Crippen LogP contribution in [0.4, 0.5) is 0 Å². The van der Waals surface area contributed by atoms with E-state index in [1.54, 1.807) is 0 Å². The fourth-order valence-corrected chi connectivity index (χ4v) is 1.14. The van der Waals surface area contributed by atoms with Crippen LogP contribution in [0.2, 0.25) is 0 Å². The maximum absolute atomic E-state index is 9.59. The van der Waals surface area contributed by atoms with Gasteiger partial charge in [-0.2, -0.15) is 0 Å². The summed E-state index contributed by atoms with van der Waals surface area (Å²) in [7, 11) is 0. The first-order chi connectivity index (χ1) is 6.25. The van der Waals surface area contributed by atoms with E-state index >= 15 is 0 Å². The first-order valence-corrected chi connectivity index (χ1v) is 4.36. The summed E-state index contributed by atoms with van der Waals surface area (Å²) >= 11 is 0. The first-order valence-electron chi connectivity index (χ1n) is 4.36. The Hall–Kier alpha value is -1.00. The van der Waals surface area contributed by atoms with Crippen LogP contribution in [0.5, 0.6) is 0 Å². The quantitative estimate of drug-likeness (QED) is 0.718. The summed E-state index contributed by atoms with van der Waals surface area (Å²) in [6, 6.07) is 0. The second-order valence-corrected chi connectivity index (χ2v) is 2.97. The molecule has 1 aromatic heterocycles. The number of rotatable bonds is 4. The topological polar surface area (TPSA) is 66.2 Å². The molecule has 0 aliphatic carbocycles. The predicted molar refractivity (Wildman–Crippen MR) is 47.9 cm³/mol. The van der Waals surface area contributed by atoms with Gasteiger partial charge in [0.15, 0.2) is 0 Å². The molecule has 72 valence electrons. The van der Waals surface area contributed by atoms with Gasteiger partial charge < -0.3 is 10.2 Å². The van der Waals surface area contributed by atoms with Gasteiger partial charge in [-0.05, 0) is 6.42 Å². The molecule has 0 amide bonds. The third-order valence-corrected chi connectivity index (χ3v) is 1.87. The highest BCUT2D eigenvalue weighted by molar-refractivity contribution is 5.07. The lowest BCUT2D eigenvalue weighted by Gasteiger charge is -2.16. The van der Waals surface area contributed by atoms with Crippen LogP contribution < -0.4 is 0 Å². The van der Waals surface area contributed by atoms with Crippen molar-refractivity contribution in [3.05, 3.63) is 24.3 Å².